The number of halogens is 1. The summed E-state index contributed by atoms with van der Waals surface area (Å²) in [7, 11) is 0. The summed E-state index contributed by atoms with van der Waals surface area (Å²) < 4.78 is 0. The number of thiol groups is 1. The monoisotopic (exact) mass is 286 g/mol. The van der Waals surface area contributed by atoms with Gasteiger partial charge in [-0.1, -0.05) is 12.1 Å². The smallest absolute Gasteiger partial charge is 0.252 e. The summed E-state index contributed by atoms with van der Waals surface area (Å²) >= 11 is 9.77. The molecular formula is C12H15ClN2O2S. The van der Waals surface area contributed by atoms with Gasteiger partial charge in [-0.2, -0.15) is 0 Å². The quantitative estimate of drug-likeness (QED) is 0.436. The number of hydrogen-bond donors (Lipinski definition) is 3. The molecule has 1 atom stereocenters. The summed E-state index contributed by atoms with van der Waals surface area (Å²) in [5.74, 6) is -0.464. The molecule has 0 aliphatic rings. The largest absolute Gasteiger partial charge is 0.353 e. The topological polar surface area (TPSA) is 58.2 Å². The zero-order chi connectivity index (χ0) is 13.5. The van der Waals surface area contributed by atoms with Gasteiger partial charge in [0.2, 0.25) is 5.91 Å². The van der Waals surface area contributed by atoms with E-state index >= 15 is 0 Å². The molecule has 1 aromatic rings. The maximum Gasteiger partial charge on any atom is 0.252 e. The van der Waals surface area contributed by atoms with Crippen LogP contribution in [-0.2, 0) is 4.79 Å². The summed E-state index contributed by atoms with van der Waals surface area (Å²) in [5, 5.41) is 4.72. The minimum atomic E-state index is -0.570. The number of alkyl halides is 1. The van der Waals surface area contributed by atoms with Crippen LogP contribution in [0.5, 0.6) is 0 Å². The third kappa shape index (κ3) is 4.58. The number of carbonyl (C=O) groups excluding carboxylic acids is 2. The fourth-order valence-corrected chi connectivity index (χ4v) is 1.60. The van der Waals surface area contributed by atoms with Crippen molar-refractivity contribution in [2.75, 3.05) is 13.1 Å². The summed E-state index contributed by atoms with van der Waals surface area (Å²) in [5.41, 5.74) is 0.512. The Labute approximate surface area is 117 Å². The first kappa shape index (κ1) is 14.9. The first-order valence-electron chi connectivity index (χ1n) is 5.50. The molecule has 18 heavy (non-hydrogen) atoms. The van der Waals surface area contributed by atoms with E-state index in [0.29, 0.717) is 23.5 Å². The van der Waals surface area contributed by atoms with Crippen LogP contribution in [0, 0.1) is 0 Å². The minimum Gasteiger partial charge on any atom is -0.353 e. The molecule has 0 aliphatic carbocycles. The highest BCUT2D eigenvalue weighted by Gasteiger charge is 2.09. The fourth-order valence-electron chi connectivity index (χ4n) is 1.26. The Morgan fingerprint density at radius 2 is 1.89 bits per heavy atom. The van der Waals surface area contributed by atoms with Crippen molar-refractivity contribution in [2.45, 2.75) is 17.2 Å². The van der Waals surface area contributed by atoms with Crippen molar-refractivity contribution in [3.8, 4) is 0 Å². The van der Waals surface area contributed by atoms with Gasteiger partial charge in [0.25, 0.3) is 5.91 Å². The van der Waals surface area contributed by atoms with E-state index in [9.17, 15) is 9.59 Å². The van der Waals surface area contributed by atoms with Crippen molar-refractivity contribution >= 4 is 36.0 Å². The second-order valence-electron chi connectivity index (χ2n) is 3.68. The van der Waals surface area contributed by atoms with Crippen molar-refractivity contribution in [1.29, 1.82) is 0 Å². The lowest BCUT2D eigenvalue weighted by atomic mass is 10.2. The van der Waals surface area contributed by atoms with Crippen LogP contribution >= 0.6 is 24.2 Å². The van der Waals surface area contributed by atoms with E-state index in [2.05, 4.69) is 23.3 Å². The van der Waals surface area contributed by atoms with Gasteiger partial charge in [0.05, 0.1) is 5.56 Å². The summed E-state index contributed by atoms with van der Waals surface area (Å²) in [4.78, 5) is 23.5. The molecule has 2 N–H and O–H groups in total. The Balaban J connectivity index is 2.35. The predicted octanol–water partition coefficient (Wildman–Crippen LogP) is 1.45. The summed E-state index contributed by atoms with van der Waals surface area (Å²) in [6, 6.07) is 7.01. The van der Waals surface area contributed by atoms with E-state index in [0.717, 1.165) is 0 Å². The first-order valence-corrected chi connectivity index (χ1v) is 6.38. The van der Waals surface area contributed by atoms with E-state index in [1.165, 1.54) is 0 Å². The number of nitrogens with one attached hydrogen (secondary N) is 2. The average Bonchev–Trinajstić information content (AvgIpc) is 2.34. The molecule has 0 saturated heterocycles. The minimum absolute atomic E-state index is 0.214. The van der Waals surface area contributed by atoms with Gasteiger partial charge in [-0.05, 0) is 19.1 Å². The fraction of sp³-hybridized carbons (Fsp3) is 0.333. The molecule has 1 unspecified atom stereocenters. The molecule has 0 bridgehead atoms. The molecule has 6 heteroatoms. The van der Waals surface area contributed by atoms with Gasteiger partial charge in [-0.25, -0.2) is 0 Å². The molecule has 4 nitrogen and oxygen atoms in total. The molecule has 0 heterocycles. The van der Waals surface area contributed by atoms with Gasteiger partial charge in [-0.3, -0.25) is 9.59 Å². The van der Waals surface area contributed by atoms with E-state index in [1.54, 1.807) is 31.2 Å². The second kappa shape index (κ2) is 7.28. The number of benzene rings is 1. The average molecular weight is 287 g/mol. The molecule has 2 amide bonds. The van der Waals surface area contributed by atoms with E-state index in [1.807, 2.05) is 0 Å². The number of amides is 2. The van der Waals surface area contributed by atoms with E-state index in [4.69, 9.17) is 11.6 Å². The zero-order valence-corrected chi connectivity index (χ0v) is 11.6. The van der Waals surface area contributed by atoms with Crippen LogP contribution in [0.4, 0.5) is 0 Å². The van der Waals surface area contributed by atoms with Crippen molar-refractivity contribution < 1.29 is 9.59 Å². The Morgan fingerprint density at radius 1 is 1.28 bits per heavy atom. The molecule has 1 aromatic carbocycles. The Hall–Kier alpha value is -1.20. The number of carbonyl (C=O) groups is 2. The Kier molecular flexibility index (Phi) is 6.01. The van der Waals surface area contributed by atoms with Crippen LogP contribution in [0.15, 0.2) is 29.2 Å². The molecule has 1 rings (SSSR count). The van der Waals surface area contributed by atoms with Crippen molar-refractivity contribution in [3.63, 3.8) is 0 Å². The van der Waals surface area contributed by atoms with E-state index < -0.39 is 5.38 Å². The molecule has 0 aliphatic heterocycles. The maximum atomic E-state index is 11.7. The van der Waals surface area contributed by atoms with Gasteiger partial charge < -0.3 is 10.6 Å². The second-order valence-corrected chi connectivity index (χ2v) is 4.82. The van der Waals surface area contributed by atoms with Crippen LogP contribution in [0.2, 0.25) is 0 Å². The molecular weight excluding hydrogens is 272 g/mol. The molecule has 0 fully saturated rings. The standard InChI is InChI=1S/C12H15ClN2O2S/c1-8(13)11(16)14-6-7-15-12(17)9-4-2-3-5-10(9)18/h2-5,8,18H,6-7H2,1H3,(H,14,16)(H,15,17). The van der Waals surface area contributed by atoms with Gasteiger partial charge in [0.15, 0.2) is 0 Å². The normalized spacial score (nSPS) is 11.7. The first-order chi connectivity index (χ1) is 8.52. The van der Waals surface area contributed by atoms with Crippen LogP contribution in [0.1, 0.15) is 17.3 Å². The number of rotatable bonds is 5. The van der Waals surface area contributed by atoms with Crippen LogP contribution < -0.4 is 10.6 Å². The highest BCUT2D eigenvalue weighted by atomic mass is 35.5. The van der Waals surface area contributed by atoms with Crippen molar-refractivity contribution in [3.05, 3.63) is 29.8 Å². The zero-order valence-electron chi connectivity index (χ0n) is 9.94. The van der Waals surface area contributed by atoms with Crippen LogP contribution in [0.25, 0.3) is 0 Å². The van der Waals surface area contributed by atoms with Crippen molar-refractivity contribution in [2.24, 2.45) is 0 Å². The molecule has 0 radical (unpaired) electrons. The summed E-state index contributed by atoms with van der Waals surface area (Å²) in [6.45, 7) is 2.28. The van der Waals surface area contributed by atoms with Gasteiger partial charge in [0.1, 0.15) is 5.38 Å². The molecule has 98 valence electrons. The Morgan fingerprint density at radius 3 is 2.50 bits per heavy atom. The molecule has 0 saturated carbocycles. The highest BCUT2D eigenvalue weighted by molar-refractivity contribution is 7.80. The predicted molar refractivity (Wildman–Crippen MR) is 74.4 cm³/mol. The SMILES string of the molecule is CC(Cl)C(=O)NCCNC(=O)c1ccccc1S. The van der Waals surface area contributed by atoms with Crippen LogP contribution in [-0.4, -0.2) is 30.3 Å². The van der Waals surface area contributed by atoms with Crippen LogP contribution in [0.3, 0.4) is 0 Å². The highest BCUT2D eigenvalue weighted by Crippen LogP contribution is 2.12. The lowest BCUT2D eigenvalue weighted by Gasteiger charge is -2.09. The third-order valence-corrected chi connectivity index (χ3v) is 2.81. The van der Waals surface area contributed by atoms with Crippen molar-refractivity contribution in [1.82, 2.24) is 10.6 Å². The Bertz CT molecular complexity index is 438. The molecule has 0 aromatic heterocycles. The lowest BCUT2D eigenvalue weighted by Crippen LogP contribution is -2.37. The lowest BCUT2D eigenvalue weighted by molar-refractivity contribution is -0.120. The summed E-state index contributed by atoms with van der Waals surface area (Å²) in [6.07, 6.45) is 0. The third-order valence-electron chi connectivity index (χ3n) is 2.22. The van der Waals surface area contributed by atoms with Gasteiger partial charge in [0, 0.05) is 18.0 Å². The van der Waals surface area contributed by atoms with E-state index in [-0.39, 0.29) is 11.8 Å². The number of hydrogen-bond acceptors (Lipinski definition) is 3. The van der Waals surface area contributed by atoms with Gasteiger partial charge in [-0.15, -0.1) is 24.2 Å². The maximum absolute atomic E-state index is 11.7. The van der Waals surface area contributed by atoms with Gasteiger partial charge >= 0.3 is 0 Å². The molecule has 0 spiro atoms.